The molecule has 0 saturated carbocycles. The molecule has 0 atom stereocenters. The second-order valence-corrected chi connectivity index (χ2v) is 1.06. The number of amides is 1. The van der Waals surface area contributed by atoms with Crippen molar-refractivity contribution < 1.29 is 4.79 Å². The molecule has 36 valence electrons. The van der Waals surface area contributed by atoms with Gasteiger partial charge in [0.25, 0.3) is 0 Å². The number of hydrogen-bond donors (Lipinski definition) is 1. The van der Waals surface area contributed by atoms with Gasteiger partial charge in [-0.2, -0.15) is 0 Å². The van der Waals surface area contributed by atoms with E-state index in [0.29, 0.717) is 0 Å². The Bertz CT molecular complexity index is 81.8. The third kappa shape index (κ3) is 3.10. The maximum atomic E-state index is 10.1. The van der Waals surface area contributed by atoms with Crippen LogP contribution in [0, 0.1) is 0 Å². The molecule has 0 unspecified atom stereocenters. The molecule has 0 spiro atoms. The summed E-state index contributed by atoms with van der Waals surface area (Å²) >= 11 is 0. The van der Waals surface area contributed by atoms with E-state index in [-0.39, 0.29) is 12.3 Å². The lowest BCUT2D eigenvalue weighted by molar-refractivity contribution is -0.118. The maximum absolute atomic E-state index is 10.1. The minimum Gasteiger partial charge on any atom is -0.409 e. The molecule has 0 heterocycles. The molecule has 0 aromatic rings. The molecule has 0 aromatic carbocycles. The van der Waals surface area contributed by atoms with Gasteiger partial charge in [0.1, 0.15) is 0 Å². The maximum Gasteiger partial charge on any atom is 0.226 e. The van der Waals surface area contributed by atoms with Crippen LogP contribution < -0.4 is 5.23 Å². The second-order valence-electron chi connectivity index (χ2n) is 1.06. The second kappa shape index (κ2) is 3.46. The fourth-order valence-corrected chi connectivity index (χ4v) is 0.190. The lowest BCUT2D eigenvalue weighted by Crippen LogP contribution is -2.17. The number of carbonyl (C=O) groups is 1. The summed E-state index contributed by atoms with van der Waals surface area (Å²) < 4.78 is 0. The van der Waals surface area contributed by atoms with E-state index in [0.717, 1.165) is 0 Å². The number of carbonyl (C=O) groups excluding carboxylic acids is 1. The van der Waals surface area contributed by atoms with Crippen molar-refractivity contribution in [3.8, 4) is 0 Å². The fraction of sp³-hybridized carbons (Fsp3) is 0.250. The van der Waals surface area contributed by atoms with Crippen molar-refractivity contribution in [1.29, 1.82) is 0 Å². The summed E-state index contributed by atoms with van der Waals surface area (Å²) in [6.45, 7) is 3.33. The van der Waals surface area contributed by atoms with Crippen molar-refractivity contribution >= 4 is 13.9 Å². The molecule has 0 saturated heterocycles. The van der Waals surface area contributed by atoms with Crippen LogP contribution in [0.2, 0.25) is 0 Å². The minimum absolute atomic E-state index is 0.213. The van der Waals surface area contributed by atoms with Gasteiger partial charge in [-0.3, -0.25) is 4.79 Å². The Labute approximate surface area is 44.0 Å². The van der Waals surface area contributed by atoms with Gasteiger partial charge in [0.2, 0.25) is 13.9 Å². The quantitative estimate of drug-likeness (QED) is 0.372. The Morgan fingerprint density at radius 1 is 2.00 bits per heavy atom. The van der Waals surface area contributed by atoms with Gasteiger partial charge in [0.15, 0.2) is 0 Å². The van der Waals surface area contributed by atoms with Crippen LogP contribution in [0.25, 0.3) is 0 Å². The molecule has 2 radical (unpaired) electrons. The summed E-state index contributed by atoms with van der Waals surface area (Å²) in [5.41, 5.74) is 0. The van der Waals surface area contributed by atoms with Crippen molar-refractivity contribution in [3.63, 3.8) is 0 Å². The SMILES string of the molecule is [B]NC(=O)CC=C. The molecule has 0 aromatic heterocycles. The zero-order valence-corrected chi connectivity index (χ0v) is 3.98. The molecule has 0 aliphatic heterocycles. The monoisotopic (exact) mass is 95.1 g/mol. The highest BCUT2D eigenvalue weighted by atomic mass is 16.1. The summed E-state index contributed by atoms with van der Waals surface area (Å²) in [5.74, 6) is -0.213. The van der Waals surface area contributed by atoms with Crippen molar-refractivity contribution in [2.75, 3.05) is 0 Å². The minimum atomic E-state index is -0.213. The van der Waals surface area contributed by atoms with E-state index in [1.807, 2.05) is 5.23 Å². The summed E-state index contributed by atoms with van der Waals surface area (Å²) in [7, 11) is 4.71. The fourth-order valence-electron chi connectivity index (χ4n) is 0.190. The lowest BCUT2D eigenvalue weighted by Gasteiger charge is -1.88. The largest absolute Gasteiger partial charge is 0.409 e. The number of rotatable bonds is 2. The van der Waals surface area contributed by atoms with Crippen LogP contribution in [0.5, 0.6) is 0 Å². The standard InChI is InChI=1S/C4H6BNO/c1-2-3-4(7)6-5/h2H,1,3H2,(H,6,7). The molecule has 7 heavy (non-hydrogen) atoms. The number of nitrogens with one attached hydrogen (secondary N) is 1. The Morgan fingerprint density at radius 3 is 2.71 bits per heavy atom. The van der Waals surface area contributed by atoms with Crippen LogP contribution in [0.4, 0.5) is 0 Å². The highest BCUT2D eigenvalue weighted by molar-refractivity contribution is 6.14. The zero-order chi connectivity index (χ0) is 5.70. The van der Waals surface area contributed by atoms with Crippen LogP contribution in [0.1, 0.15) is 6.42 Å². The normalized spacial score (nSPS) is 7.43. The van der Waals surface area contributed by atoms with Gasteiger partial charge in [-0.15, -0.1) is 6.58 Å². The van der Waals surface area contributed by atoms with Gasteiger partial charge in [-0.1, -0.05) is 6.08 Å². The van der Waals surface area contributed by atoms with Crippen LogP contribution in [-0.4, -0.2) is 13.9 Å². The van der Waals surface area contributed by atoms with Crippen molar-refractivity contribution in [2.24, 2.45) is 0 Å². The van der Waals surface area contributed by atoms with Crippen LogP contribution in [-0.2, 0) is 4.79 Å². The van der Waals surface area contributed by atoms with E-state index in [2.05, 4.69) is 6.58 Å². The summed E-state index contributed by atoms with van der Waals surface area (Å²) in [6.07, 6.45) is 1.78. The summed E-state index contributed by atoms with van der Waals surface area (Å²) in [6, 6.07) is 0. The van der Waals surface area contributed by atoms with Crippen LogP contribution >= 0.6 is 0 Å². The molecule has 0 fully saturated rings. The predicted molar refractivity (Wildman–Crippen MR) is 28.7 cm³/mol. The average molecular weight is 94.9 g/mol. The van der Waals surface area contributed by atoms with E-state index >= 15 is 0 Å². The van der Waals surface area contributed by atoms with E-state index < -0.39 is 0 Å². The number of hydrogen-bond acceptors (Lipinski definition) is 1. The topological polar surface area (TPSA) is 29.1 Å². The molecule has 2 nitrogen and oxygen atoms in total. The highest BCUT2D eigenvalue weighted by Crippen LogP contribution is 1.74. The Kier molecular flexibility index (Phi) is 3.11. The van der Waals surface area contributed by atoms with Crippen molar-refractivity contribution in [2.45, 2.75) is 6.42 Å². The van der Waals surface area contributed by atoms with Gasteiger partial charge in [0.05, 0.1) is 0 Å². The molecular formula is C4H6BNO. The first-order valence-corrected chi connectivity index (χ1v) is 1.91. The molecule has 0 aliphatic rings. The third-order valence-corrected chi connectivity index (χ3v) is 0.491. The first kappa shape index (κ1) is 6.27. The van der Waals surface area contributed by atoms with Crippen LogP contribution in [0.3, 0.4) is 0 Å². The predicted octanol–water partition coefficient (Wildman–Crippen LogP) is -0.238. The smallest absolute Gasteiger partial charge is 0.226 e. The molecule has 3 heteroatoms. The van der Waals surface area contributed by atoms with E-state index in [4.69, 9.17) is 7.98 Å². The first-order chi connectivity index (χ1) is 3.31. The van der Waals surface area contributed by atoms with Crippen LogP contribution in [0.15, 0.2) is 12.7 Å². The first-order valence-electron chi connectivity index (χ1n) is 1.91. The Hall–Kier alpha value is -0.725. The van der Waals surface area contributed by atoms with Crippen molar-refractivity contribution in [1.82, 2.24) is 5.23 Å². The molecule has 0 rings (SSSR count). The van der Waals surface area contributed by atoms with E-state index in [9.17, 15) is 4.79 Å². The van der Waals surface area contributed by atoms with E-state index in [1.54, 1.807) is 0 Å². The Morgan fingerprint density at radius 2 is 2.57 bits per heavy atom. The van der Waals surface area contributed by atoms with Gasteiger partial charge in [0, 0.05) is 6.42 Å². The third-order valence-electron chi connectivity index (χ3n) is 0.491. The molecule has 1 N–H and O–H groups in total. The lowest BCUT2D eigenvalue weighted by atomic mass is 10.3. The molecular weight excluding hydrogens is 88.9 g/mol. The molecule has 0 aliphatic carbocycles. The Balaban J connectivity index is 3.17. The van der Waals surface area contributed by atoms with Gasteiger partial charge < -0.3 is 5.23 Å². The van der Waals surface area contributed by atoms with Gasteiger partial charge >= 0.3 is 0 Å². The highest BCUT2D eigenvalue weighted by Gasteiger charge is 1.86. The van der Waals surface area contributed by atoms with Gasteiger partial charge in [-0.05, 0) is 0 Å². The average Bonchev–Trinajstić information content (AvgIpc) is 1.68. The van der Waals surface area contributed by atoms with Crippen molar-refractivity contribution in [3.05, 3.63) is 12.7 Å². The zero-order valence-electron chi connectivity index (χ0n) is 3.98. The molecule has 1 amide bonds. The van der Waals surface area contributed by atoms with Gasteiger partial charge in [-0.25, -0.2) is 0 Å². The van der Waals surface area contributed by atoms with E-state index in [1.165, 1.54) is 6.08 Å². The summed E-state index contributed by atoms with van der Waals surface area (Å²) in [4.78, 5) is 10.1. The molecule has 0 bridgehead atoms. The summed E-state index contributed by atoms with van der Waals surface area (Å²) in [5, 5.41) is 1.96.